The Labute approximate surface area is 191 Å². The summed E-state index contributed by atoms with van der Waals surface area (Å²) in [5.41, 5.74) is 1.52. The lowest BCUT2D eigenvalue weighted by molar-refractivity contribution is 0.0216. The molecule has 0 N–H and O–H groups in total. The largest absolute Gasteiger partial charge is 0.493 e. The first-order chi connectivity index (χ1) is 15.3. The fourth-order valence-corrected chi connectivity index (χ4v) is 3.27. The smallest absolute Gasteiger partial charge is 0.410 e. The monoisotopic (exact) mass is 441 g/mol. The molecule has 1 fully saturated rings. The van der Waals surface area contributed by atoms with Crippen molar-refractivity contribution >= 4 is 6.09 Å². The summed E-state index contributed by atoms with van der Waals surface area (Å²) in [5, 5.41) is 0. The number of benzene rings is 2. The number of hydrogen-bond acceptors (Lipinski definition) is 5. The second-order valence-electron chi connectivity index (χ2n) is 9.12. The number of methoxy groups -OCH3 is 1. The standard InChI is InChI=1S/C26H35NO5/c1-26(2,3)32-25(28)27(22-11-12-22)18-21-15-23(30-14-8-13-29-4)17-24(16-21)31-19-20-9-6-5-7-10-20/h5-7,9-10,15-17,22H,8,11-14,18-19H2,1-4H3. The van der Waals surface area contributed by atoms with Crippen molar-refractivity contribution < 1.29 is 23.7 Å². The molecule has 2 aromatic rings. The Hall–Kier alpha value is -2.73. The summed E-state index contributed by atoms with van der Waals surface area (Å²) >= 11 is 0. The van der Waals surface area contributed by atoms with Crippen LogP contribution < -0.4 is 9.47 Å². The highest BCUT2D eigenvalue weighted by Crippen LogP contribution is 2.32. The maximum Gasteiger partial charge on any atom is 0.410 e. The third-order valence-electron chi connectivity index (χ3n) is 4.92. The van der Waals surface area contributed by atoms with E-state index in [1.54, 1.807) is 7.11 Å². The zero-order valence-corrected chi connectivity index (χ0v) is 19.6. The van der Waals surface area contributed by atoms with Gasteiger partial charge in [0.05, 0.1) is 6.61 Å². The molecular weight excluding hydrogens is 406 g/mol. The number of rotatable bonds is 11. The molecule has 1 saturated carbocycles. The normalized spacial score (nSPS) is 13.5. The minimum absolute atomic E-state index is 0.227. The number of ether oxygens (including phenoxy) is 4. The van der Waals surface area contributed by atoms with E-state index in [-0.39, 0.29) is 12.1 Å². The van der Waals surface area contributed by atoms with Crippen LogP contribution in [0.25, 0.3) is 0 Å². The fourth-order valence-electron chi connectivity index (χ4n) is 3.27. The Bertz CT molecular complexity index is 858. The molecule has 1 aliphatic rings. The molecule has 0 unspecified atom stereocenters. The van der Waals surface area contributed by atoms with Gasteiger partial charge in [-0.05, 0) is 56.9 Å². The highest BCUT2D eigenvalue weighted by atomic mass is 16.6. The molecule has 6 heteroatoms. The molecule has 1 amide bonds. The lowest BCUT2D eigenvalue weighted by Crippen LogP contribution is -2.37. The first-order valence-corrected chi connectivity index (χ1v) is 11.3. The average molecular weight is 442 g/mol. The highest BCUT2D eigenvalue weighted by Gasteiger charge is 2.35. The van der Waals surface area contributed by atoms with Crippen molar-refractivity contribution in [1.82, 2.24) is 4.90 Å². The lowest BCUT2D eigenvalue weighted by Gasteiger charge is -2.27. The maximum atomic E-state index is 12.8. The van der Waals surface area contributed by atoms with Crippen molar-refractivity contribution in [2.75, 3.05) is 20.3 Å². The summed E-state index contributed by atoms with van der Waals surface area (Å²) < 4.78 is 22.8. The minimum Gasteiger partial charge on any atom is -0.493 e. The molecule has 0 saturated heterocycles. The molecule has 0 bridgehead atoms. The summed E-state index contributed by atoms with van der Waals surface area (Å²) in [6.07, 6.45) is 2.53. The zero-order chi connectivity index (χ0) is 23.0. The molecule has 0 aromatic heterocycles. The van der Waals surface area contributed by atoms with E-state index < -0.39 is 5.60 Å². The van der Waals surface area contributed by atoms with Gasteiger partial charge in [0, 0.05) is 38.8 Å². The summed E-state index contributed by atoms with van der Waals surface area (Å²) in [5.74, 6) is 1.44. The Morgan fingerprint density at radius 3 is 2.28 bits per heavy atom. The van der Waals surface area contributed by atoms with Crippen LogP contribution in [0.15, 0.2) is 48.5 Å². The van der Waals surface area contributed by atoms with Crippen LogP contribution in [0.2, 0.25) is 0 Å². The number of amides is 1. The Morgan fingerprint density at radius 2 is 1.66 bits per heavy atom. The minimum atomic E-state index is -0.527. The molecule has 0 heterocycles. The van der Waals surface area contributed by atoms with Gasteiger partial charge in [0.2, 0.25) is 0 Å². The average Bonchev–Trinajstić information content (AvgIpc) is 3.58. The van der Waals surface area contributed by atoms with Gasteiger partial charge in [0.25, 0.3) is 0 Å². The van der Waals surface area contributed by atoms with Crippen LogP contribution in [0.4, 0.5) is 4.79 Å². The second-order valence-corrected chi connectivity index (χ2v) is 9.12. The Balaban J connectivity index is 1.74. The Kier molecular flexibility index (Phi) is 8.39. The molecule has 6 nitrogen and oxygen atoms in total. The molecule has 0 spiro atoms. The predicted octanol–water partition coefficient (Wildman–Crippen LogP) is 5.58. The molecule has 3 rings (SSSR count). The van der Waals surface area contributed by atoms with E-state index in [0.717, 1.165) is 36.1 Å². The van der Waals surface area contributed by atoms with Gasteiger partial charge in [-0.2, -0.15) is 0 Å². The Morgan fingerprint density at radius 1 is 0.969 bits per heavy atom. The van der Waals surface area contributed by atoms with Crippen LogP contribution in [0.3, 0.4) is 0 Å². The quantitative estimate of drug-likeness (QED) is 0.426. The number of nitrogens with zero attached hydrogens (tertiary/aromatic N) is 1. The van der Waals surface area contributed by atoms with Gasteiger partial charge in [0.15, 0.2) is 0 Å². The molecule has 0 radical (unpaired) electrons. The van der Waals surface area contributed by atoms with Crippen molar-refractivity contribution in [2.24, 2.45) is 0 Å². The SMILES string of the molecule is COCCCOc1cc(CN(C(=O)OC(C)(C)C)C2CC2)cc(OCc2ccccc2)c1. The number of hydrogen-bond donors (Lipinski definition) is 0. The van der Waals surface area contributed by atoms with Crippen LogP contribution in [0.1, 0.15) is 51.2 Å². The van der Waals surface area contributed by atoms with E-state index in [0.29, 0.717) is 32.1 Å². The molecular formula is C26H35NO5. The van der Waals surface area contributed by atoms with Crippen molar-refractivity contribution in [3.05, 3.63) is 59.7 Å². The van der Waals surface area contributed by atoms with Crippen LogP contribution in [-0.4, -0.2) is 43.0 Å². The maximum absolute atomic E-state index is 12.8. The summed E-state index contributed by atoms with van der Waals surface area (Å²) in [6, 6.07) is 16.1. The summed E-state index contributed by atoms with van der Waals surface area (Å²) in [7, 11) is 1.68. The first-order valence-electron chi connectivity index (χ1n) is 11.3. The van der Waals surface area contributed by atoms with E-state index >= 15 is 0 Å². The predicted molar refractivity (Wildman–Crippen MR) is 124 cm³/mol. The number of carbonyl (C=O) groups is 1. The van der Waals surface area contributed by atoms with Gasteiger partial charge in [-0.1, -0.05) is 30.3 Å². The van der Waals surface area contributed by atoms with E-state index in [4.69, 9.17) is 18.9 Å². The molecule has 0 atom stereocenters. The molecule has 174 valence electrons. The van der Waals surface area contributed by atoms with Gasteiger partial charge < -0.3 is 23.8 Å². The van der Waals surface area contributed by atoms with Gasteiger partial charge >= 0.3 is 6.09 Å². The van der Waals surface area contributed by atoms with Gasteiger partial charge in [-0.3, -0.25) is 0 Å². The van der Waals surface area contributed by atoms with Crippen LogP contribution in [-0.2, 0) is 22.6 Å². The van der Waals surface area contributed by atoms with Crippen LogP contribution in [0.5, 0.6) is 11.5 Å². The van der Waals surface area contributed by atoms with Crippen molar-refractivity contribution in [1.29, 1.82) is 0 Å². The fraction of sp³-hybridized carbons (Fsp3) is 0.500. The first kappa shape index (κ1) is 23.9. The summed E-state index contributed by atoms with van der Waals surface area (Å²) in [4.78, 5) is 14.6. The van der Waals surface area contributed by atoms with Gasteiger partial charge in [-0.25, -0.2) is 4.79 Å². The molecule has 1 aliphatic carbocycles. The van der Waals surface area contributed by atoms with Crippen LogP contribution in [0, 0.1) is 0 Å². The number of carbonyl (C=O) groups excluding carboxylic acids is 1. The van der Waals surface area contributed by atoms with E-state index in [9.17, 15) is 4.79 Å². The third kappa shape index (κ3) is 8.08. The van der Waals surface area contributed by atoms with E-state index in [1.807, 2.05) is 74.2 Å². The van der Waals surface area contributed by atoms with Crippen LogP contribution >= 0.6 is 0 Å². The lowest BCUT2D eigenvalue weighted by atomic mass is 10.1. The topological polar surface area (TPSA) is 57.2 Å². The van der Waals surface area contributed by atoms with E-state index in [2.05, 4.69) is 0 Å². The highest BCUT2D eigenvalue weighted by molar-refractivity contribution is 5.69. The van der Waals surface area contributed by atoms with E-state index in [1.165, 1.54) is 0 Å². The second kappa shape index (κ2) is 11.2. The molecule has 2 aromatic carbocycles. The summed E-state index contributed by atoms with van der Waals surface area (Å²) in [6.45, 7) is 7.78. The zero-order valence-electron chi connectivity index (χ0n) is 19.6. The van der Waals surface area contributed by atoms with Gasteiger partial charge in [0.1, 0.15) is 23.7 Å². The van der Waals surface area contributed by atoms with Crippen molar-refractivity contribution in [3.8, 4) is 11.5 Å². The molecule has 32 heavy (non-hydrogen) atoms. The van der Waals surface area contributed by atoms with Crippen molar-refractivity contribution in [2.45, 2.75) is 64.8 Å². The van der Waals surface area contributed by atoms with Crippen molar-refractivity contribution in [3.63, 3.8) is 0 Å². The van der Waals surface area contributed by atoms with Gasteiger partial charge in [-0.15, -0.1) is 0 Å². The third-order valence-corrected chi connectivity index (χ3v) is 4.92. The molecule has 0 aliphatic heterocycles.